The highest BCUT2D eigenvalue weighted by molar-refractivity contribution is 5.94. The number of amides is 2. The summed E-state index contributed by atoms with van der Waals surface area (Å²) in [6, 6.07) is 22.0. The summed E-state index contributed by atoms with van der Waals surface area (Å²) in [4.78, 5) is 30.2. The quantitative estimate of drug-likeness (QED) is 0.384. The van der Waals surface area contributed by atoms with Gasteiger partial charge in [-0.15, -0.1) is 0 Å². The molecule has 0 bridgehead atoms. The molecular weight excluding hydrogens is 453 g/mol. The van der Waals surface area contributed by atoms with Gasteiger partial charge < -0.3 is 15.1 Å². The second-order valence-corrected chi connectivity index (χ2v) is 9.69. The lowest BCUT2D eigenvalue weighted by Gasteiger charge is -2.29. The van der Waals surface area contributed by atoms with Crippen LogP contribution in [0.5, 0.6) is 0 Å². The highest BCUT2D eigenvalue weighted by Gasteiger charge is 2.30. The number of carbonyl (C=O) groups is 2. The minimum Gasteiger partial charge on any atom is -0.377 e. The van der Waals surface area contributed by atoms with E-state index < -0.39 is 0 Å². The van der Waals surface area contributed by atoms with Gasteiger partial charge in [0.25, 0.3) is 0 Å². The van der Waals surface area contributed by atoms with E-state index in [1.54, 1.807) is 12.1 Å². The lowest BCUT2D eigenvalue weighted by molar-refractivity contribution is -0.134. The van der Waals surface area contributed by atoms with Crippen molar-refractivity contribution < 1.29 is 14.0 Å². The molecule has 5 nitrogen and oxygen atoms in total. The van der Waals surface area contributed by atoms with Gasteiger partial charge in [0.1, 0.15) is 5.82 Å². The molecule has 1 atom stereocenters. The van der Waals surface area contributed by atoms with Gasteiger partial charge in [-0.1, -0.05) is 49.4 Å². The third-order valence-corrected chi connectivity index (χ3v) is 6.64. The van der Waals surface area contributed by atoms with Crippen LogP contribution in [-0.2, 0) is 22.7 Å². The second-order valence-electron chi connectivity index (χ2n) is 9.69. The van der Waals surface area contributed by atoms with Crippen molar-refractivity contribution in [2.75, 3.05) is 24.3 Å². The van der Waals surface area contributed by atoms with Crippen LogP contribution in [0, 0.1) is 11.7 Å². The van der Waals surface area contributed by atoms with Crippen molar-refractivity contribution in [1.82, 2.24) is 4.90 Å². The fourth-order valence-electron chi connectivity index (χ4n) is 4.50. The maximum absolute atomic E-state index is 14.0. The first-order valence-corrected chi connectivity index (χ1v) is 12.5. The van der Waals surface area contributed by atoms with E-state index >= 15 is 0 Å². The molecule has 0 spiro atoms. The number of halogens is 1. The van der Waals surface area contributed by atoms with Crippen molar-refractivity contribution in [2.24, 2.45) is 5.92 Å². The zero-order chi connectivity index (χ0) is 25.7. The summed E-state index contributed by atoms with van der Waals surface area (Å²) in [6.45, 7) is 2.74. The Labute approximate surface area is 212 Å². The number of nitrogens with zero attached hydrogens (tertiary/aromatic N) is 2. The normalized spacial score (nSPS) is 13.7. The van der Waals surface area contributed by atoms with Crippen molar-refractivity contribution >= 4 is 23.2 Å². The molecule has 0 saturated heterocycles. The molecule has 1 saturated carbocycles. The Morgan fingerprint density at radius 2 is 1.67 bits per heavy atom. The van der Waals surface area contributed by atoms with Crippen LogP contribution >= 0.6 is 0 Å². The molecule has 0 radical (unpaired) electrons. The molecule has 4 rings (SSSR count). The largest absolute Gasteiger partial charge is 0.377 e. The number of anilines is 2. The van der Waals surface area contributed by atoms with Crippen LogP contribution in [0.4, 0.5) is 15.8 Å². The van der Waals surface area contributed by atoms with Gasteiger partial charge in [0.2, 0.25) is 11.8 Å². The molecule has 2 amide bonds. The molecule has 0 aromatic heterocycles. The molecule has 3 aromatic rings. The van der Waals surface area contributed by atoms with Crippen LogP contribution in [0.3, 0.4) is 0 Å². The molecular formula is C30H34FN3O2. The molecule has 0 unspecified atom stereocenters. The zero-order valence-corrected chi connectivity index (χ0v) is 21.2. The Bertz CT molecular complexity index is 1190. The second kappa shape index (κ2) is 11.4. The van der Waals surface area contributed by atoms with Crippen LogP contribution in [0.2, 0.25) is 0 Å². The van der Waals surface area contributed by atoms with Gasteiger partial charge in [0.15, 0.2) is 0 Å². The summed E-state index contributed by atoms with van der Waals surface area (Å²) in [5.74, 6) is -0.415. The topological polar surface area (TPSA) is 52.7 Å². The third-order valence-electron chi connectivity index (χ3n) is 6.64. The van der Waals surface area contributed by atoms with Crippen molar-refractivity contribution in [3.05, 3.63) is 95.3 Å². The molecule has 6 heteroatoms. The maximum Gasteiger partial charge on any atom is 0.230 e. The molecule has 0 aliphatic heterocycles. The number of hydrogen-bond donors (Lipinski definition) is 1. The van der Waals surface area contributed by atoms with Crippen molar-refractivity contribution in [1.29, 1.82) is 0 Å². The van der Waals surface area contributed by atoms with E-state index in [-0.39, 0.29) is 29.5 Å². The van der Waals surface area contributed by atoms with Crippen molar-refractivity contribution in [2.45, 2.75) is 45.2 Å². The standard InChI is InChI=1S/C30H34FN3O2/c1-4-27(22-8-6-5-7-9-22)30(36)34(19-21-10-14-25(31)15-11-21)20-24-18-26(16-17-28(24)33(2)3)32-29(35)23-12-13-23/h5-11,14-18,23,27H,4,12-13,19-20H2,1-3H3,(H,32,35)/t27-/m1/s1. The molecule has 1 fully saturated rings. The van der Waals surface area contributed by atoms with E-state index in [0.29, 0.717) is 19.5 Å². The molecule has 3 aromatic carbocycles. The molecule has 36 heavy (non-hydrogen) atoms. The summed E-state index contributed by atoms with van der Waals surface area (Å²) in [7, 11) is 3.93. The molecule has 1 N–H and O–H groups in total. The van der Waals surface area contributed by atoms with Gasteiger partial charge in [0.05, 0.1) is 5.92 Å². The number of hydrogen-bond acceptors (Lipinski definition) is 3. The van der Waals surface area contributed by atoms with E-state index in [2.05, 4.69) is 5.32 Å². The number of carbonyl (C=O) groups excluding carboxylic acids is 2. The highest BCUT2D eigenvalue weighted by Crippen LogP contribution is 2.32. The predicted molar refractivity (Wildman–Crippen MR) is 142 cm³/mol. The maximum atomic E-state index is 14.0. The zero-order valence-electron chi connectivity index (χ0n) is 21.2. The third kappa shape index (κ3) is 6.30. The van der Waals surface area contributed by atoms with Crippen LogP contribution in [0.1, 0.15) is 48.8 Å². The lowest BCUT2D eigenvalue weighted by atomic mass is 9.94. The van der Waals surface area contributed by atoms with Gasteiger partial charge in [-0.25, -0.2) is 4.39 Å². The molecule has 1 aliphatic rings. The number of benzene rings is 3. The van der Waals surface area contributed by atoms with Gasteiger partial charge in [-0.2, -0.15) is 0 Å². The predicted octanol–water partition coefficient (Wildman–Crippen LogP) is 5.96. The summed E-state index contributed by atoms with van der Waals surface area (Å²) in [5.41, 5.74) is 4.48. The van der Waals surface area contributed by atoms with Gasteiger partial charge >= 0.3 is 0 Å². The monoisotopic (exact) mass is 487 g/mol. The summed E-state index contributed by atoms with van der Waals surface area (Å²) < 4.78 is 13.6. The number of nitrogens with one attached hydrogen (secondary N) is 1. The van der Waals surface area contributed by atoms with Crippen LogP contribution in [0.25, 0.3) is 0 Å². The first-order valence-electron chi connectivity index (χ1n) is 12.5. The van der Waals surface area contributed by atoms with E-state index in [0.717, 1.165) is 40.9 Å². The molecule has 188 valence electrons. The van der Waals surface area contributed by atoms with Crippen molar-refractivity contribution in [3.8, 4) is 0 Å². The van der Waals surface area contributed by atoms with Gasteiger partial charge in [0, 0.05) is 44.5 Å². The summed E-state index contributed by atoms with van der Waals surface area (Å²) >= 11 is 0. The Kier molecular flexibility index (Phi) is 8.04. The van der Waals surface area contributed by atoms with E-state index in [1.165, 1.54) is 12.1 Å². The Balaban J connectivity index is 1.67. The smallest absolute Gasteiger partial charge is 0.230 e. The fourth-order valence-corrected chi connectivity index (χ4v) is 4.50. The molecule has 1 aliphatic carbocycles. The lowest BCUT2D eigenvalue weighted by Crippen LogP contribution is -2.34. The van der Waals surface area contributed by atoms with Crippen LogP contribution in [0.15, 0.2) is 72.8 Å². The minimum atomic E-state index is -0.304. The van der Waals surface area contributed by atoms with Gasteiger partial charge in [-0.05, 0) is 66.3 Å². The first-order chi connectivity index (χ1) is 17.4. The van der Waals surface area contributed by atoms with E-state index in [1.807, 2.05) is 79.3 Å². The highest BCUT2D eigenvalue weighted by atomic mass is 19.1. The minimum absolute atomic E-state index is 0.0187. The fraction of sp³-hybridized carbons (Fsp3) is 0.333. The Morgan fingerprint density at radius 3 is 2.28 bits per heavy atom. The van der Waals surface area contributed by atoms with Gasteiger partial charge in [-0.3, -0.25) is 9.59 Å². The SMILES string of the molecule is CC[C@@H](C(=O)N(Cc1ccc(F)cc1)Cc1cc(NC(=O)C2CC2)ccc1N(C)C)c1ccccc1. The van der Waals surface area contributed by atoms with Crippen LogP contribution < -0.4 is 10.2 Å². The average Bonchev–Trinajstić information content (AvgIpc) is 3.72. The average molecular weight is 488 g/mol. The van der Waals surface area contributed by atoms with E-state index in [4.69, 9.17) is 0 Å². The van der Waals surface area contributed by atoms with Crippen molar-refractivity contribution in [3.63, 3.8) is 0 Å². The Morgan fingerprint density at radius 1 is 0.972 bits per heavy atom. The van der Waals surface area contributed by atoms with Crippen LogP contribution in [-0.4, -0.2) is 30.8 Å². The van der Waals surface area contributed by atoms with E-state index in [9.17, 15) is 14.0 Å². The first kappa shape index (κ1) is 25.4. The summed E-state index contributed by atoms with van der Waals surface area (Å²) in [6.07, 6.45) is 2.54. The number of rotatable bonds is 10. The Hall–Kier alpha value is -3.67. The molecule has 0 heterocycles. The summed E-state index contributed by atoms with van der Waals surface area (Å²) in [5, 5.41) is 3.03.